The highest BCUT2D eigenvalue weighted by Gasteiger charge is 2.18. The molecule has 1 N–H and O–H groups in total. The summed E-state index contributed by atoms with van der Waals surface area (Å²) < 4.78 is 58.4. The van der Waals surface area contributed by atoms with E-state index in [2.05, 4.69) is 19.7 Å². The zero-order valence-electron chi connectivity index (χ0n) is 48.1. The van der Waals surface area contributed by atoms with Gasteiger partial charge >= 0.3 is 53.7 Å². The van der Waals surface area contributed by atoms with Gasteiger partial charge in [0, 0.05) is 16.7 Å². The van der Waals surface area contributed by atoms with Crippen molar-refractivity contribution in [1.82, 2.24) is 0 Å². The lowest BCUT2D eigenvalue weighted by atomic mass is 10.2. The van der Waals surface area contributed by atoms with Gasteiger partial charge in [0.2, 0.25) is 0 Å². The lowest BCUT2D eigenvalue weighted by molar-refractivity contribution is -0.140. The van der Waals surface area contributed by atoms with E-state index in [1.54, 1.807) is 64.1 Å². The molecule has 0 aromatic heterocycles. The van der Waals surface area contributed by atoms with E-state index in [0.717, 1.165) is 0 Å². The topological polar surface area (TPSA) is 275 Å². The molecule has 0 fully saturated rings. The predicted octanol–water partition coefficient (Wildman–Crippen LogP) is 11.0. The van der Waals surface area contributed by atoms with Crippen LogP contribution in [0.3, 0.4) is 0 Å². The molecule has 0 amide bonds. The molecule has 21 nitrogen and oxygen atoms in total. The van der Waals surface area contributed by atoms with Crippen molar-refractivity contribution in [1.29, 1.82) is 0 Å². The maximum absolute atomic E-state index is 12.9. The van der Waals surface area contributed by atoms with Gasteiger partial charge in [-0.3, -0.25) is 0 Å². The van der Waals surface area contributed by atoms with Crippen LogP contribution >= 0.6 is 0 Å². The van der Waals surface area contributed by atoms with Gasteiger partial charge in [-0.2, -0.15) is 0 Å². The fraction of sp³-hybridized carbons (Fsp3) is 0.149. The Morgan fingerprint density at radius 3 is 0.818 bits per heavy atom. The summed E-state index contributed by atoms with van der Waals surface area (Å²) in [6, 6.07) is 40.3. The summed E-state index contributed by atoms with van der Waals surface area (Å²) in [6.45, 7) is 17.4. The van der Waals surface area contributed by atoms with Crippen molar-refractivity contribution in [2.45, 2.75) is 27.7 Å². The number of esters is 8. The molecule has 0 aliphatic heterocycles. The predicted molar refractivity (Wildman–Crippen MR) is 315 cm³/mol. The van der Waals surface area contributed by atoms with Gasteiger partial charge in [-0.05, 0) is 197 Å². The molecule has 7 rings (SSSR count). The first kappa shape index (κ1) is 65.5. The van der Waals surface area contributed by atoms with Crippen LogP contribution in [0.1, 0.15) is 88.5 Å². The molecule has 7 aromatic carbocycles. The van der Waals surface area contributed by atoms with E-state index in [-0.39, 0.29) is 96.2 Å². The number of carbonyl (C=O) groups is 9. The minimum atomic E-state index is -1.06. The number of hydrogen-bond acceptors (Lipinski definition) is 20. The normalized spacial score (nSPS) is 10.2. The third-order valence-electron chi connectivity index (χ3n) is 11.5. The monoisotopic (exact) mass is 1200 g/mol. The molecule has 0 saturated heterocycles. The Labute approximate surface area is 504 Å². The molecule has 7 aromatic rings. The Hall–Kier alpha value is -11.6. The number of hydrogen-bond donors (Lipinski definition) is 1. The van der Waals surface area contributed by atoms with E-state index < -0.39 is 53.7 Å². The number of benzene rings is 7. The van der Waals surface area contributed by atoms with E-state index >= 15 is 0 Å². The van der Waals surface area contributed by atoms with Crippen molar-refractivity contribution >= 4 is 53.7 Å². The second-order valence-electron chi connectivity index (χ2n) is 18.6. The van der Waals surface area contributed by atoms with Gasteiger partial charge in [-0.25, -0.2) is 43.2 Å². The smallest absolute Gasteiger partial charge is 0.343 e. The van der Waals surface area contributed by atoms with Gasteiger partial charge in [-0.1, -0.05) is 19.7 Å². The number of ether oxygens (including phenoxy) is 11. The number of carboxylic acids is 1. The van der Waals surface area contributed by atoms with Gasteiger partial charge < -0.3 is 57.2 Å². The molecule has 21 heteroatoms. The Morgan fingerprint density at radius 1 is 0.318 bits per heavy atom. The highest BCUT2D eigenvalue weighted by atomic mass is 16.6. The van der Waals surface area contributed by atoms with Crippen molar-refractivity contribution < 1.29 is 100 Å². The molecular weight excluding hydrogens is 1140 g/mol. The molecule has 0 atom stereocenters. The molecule has 0 radical (unpaired) electrons. The lowest BCUT2D eigenvalue weighted by Crippen LogP contribution is -2.13. The molecular formula is C67H58O21. The molecule has 88 heavy (non-hydrogen) atoms. The zero-order chi connectivity index (χ0) is 63.7. The standard InChI is InChI=1S/C47H40O14.C20H18O7/c1-29(2)42(48)56-26-24-54-36-14-6-32(7-15-36)44(50)58-38-18-10-34(11-19-38)46(52)60-40-22-23-41(31(5)28-40)61-47(53)35-12-20-39(21-13-35)59-45(51)33-8-16-37(17-9-33)55-25-27-57-43(49)30(3)4;1-13(2)19(23)26-12-11-25-16-7-5-15(6-8-16)20(24)27-17-9-3-14(4-10-17)18(21)22/h6-23,28H,1,3,24-27H2,2,4-5H3;3-10H,1,11-12H2,2H3,(H,21,22). The van der Waals surface area contributed by atoms with Gasteiger partial charge in [0.1, 0.15) is 85.6 Å². The second-order valence-corrected chi connectivity index (χ2v) is 18.6. The number of carboxylic acid groups (broad SMARTS) is 1. The molecule has 0 bridgehead atoms. The van der Waals surface area contributed by atoms with Crippen LogP contribution in [0, 0.1) is 6.92 Å². The second kappa shape index (κ2) is 32.4. The van der Waals surface area contributed by atoms with E-state index in [9.17, 15) is 43.2 Å². The van der Waals surface area contributed by atoms with Crippen LogP contribution in [0.15, 0.2) is 200 Å². The summed E-state index contributed by atoms with van der Waals surface area (Å²) in [7, 11) is 0. The molecule has 0 unspecified atom stereocenters. The summed E-state index contributed by atoms with van der Waals surface area (Å²) in [6.07, 6.45) is 0. The van der Waals surface area contributed by atoms with Crippen molar-refractivity contribution in [3.63, 3.8) is 0 Å². The minimum Gasteiger partial charge on any atom is -0.490 e. The highest BCUT2D eigenvalue weighted by Crippen LogP contribution is 2.27. The van der Waals surface area contributed by atoms with E-state index in [0.29, 0.717) is 45.1 Å². The van der Waals surface area contributed by atoms with Crippen molar-refractivity contribution in [2.24, 2.45) is 0 Å². The fourth-order valence-corrected chi connectivity index (χ4v) is 6.92. The minimum absolute atomic E-state index is 0.0451. The first-order valence-electron chi connectivity index (χ1n) is 26.5. The average molecular weight is 1200 g/mol. The van der Waals surface area contributed by atoms with E-state index in [1.165, 1.54) is 127 Å². The summed E-state index contributed by atoms with van der Waals surface area (Å²) in [4.78, 5) is 108. The van der Waals surface area contributed by atoms with Gasteiger partial charge in [0.25, 0.3) is 0 Å². The molecule has 0 spiro atoms. The van der Waals surface area contributed by atoms with Crippen LogP contribution < -0.4 is 37.9 Å². The Balaban J connectivity index is 0.000000381. The third kappa shape index (κ3) is 20.9. The van der Waals surface area contributed by atoms with E-state index in [4.69, 9.17) is 57.2 Å². The van der Waals surface area contributed by atoms with Crippen molar-refractivity contribution in [3.05, 3.63) is 239 Å². The average Bonchev–Trinajstić information content (AvgIpc) is 3.67. The first-order chi connectivity index (χ1) is 42.1. The van der Waals surface area contributed by atoms with Gasteiger partial charge in [0.05, 0.1) is 33.4 Å². The summed E-state index contributed by atoms with van der Waals surface area (Å²) in [5.74, 6) is -3.21. The van der Waals surface area contributed by atoms with Crippen LogP contribution in [0.5, 0.6) is 46.0 Å². The Morgan fingerprint density at radius 2 is 0.557 bits per heavy atom. The van der Waals surface area contributed by atoms with Crippen LogP contribution in [-0.2, 0) is 28.6 Å². The van der Waals surface area contributed by atoms with Crippen molar-refractivity contribution in [3.8, 4) is 46.0 Å². The quantitative estimate of drug-likeness (QED) is 0.0173. The summed E-state index contributed by atoms with van der Waals surface area (Å²) >= 11 is 0. The number of carbonyl (C=O) groups excluding carboxylic acids is 8. The Bertz CT molecular complexity index is 3680. The molecule has 0 aliphatic rings. The number of aryl methyl sites for hydroxylation is 1. The lowest BCUT2D eigenvalue weighted by Gasteiger charge is -2.11. The van der Waals surface area contributed by atoms with E-state index in [1.807, 2.05) is 0 Å². The maximum atomic E-state index is 12.9. The number of aromatic carboxylic acids is 1. The summed E-state index contributed by atoms with van der Waals surface area (Å²) in [5.41, 5.74) is 2.72. The summed E-state index contributed by atoms with van der Waals surface area (Å²) in [5, 5.41) is 8.84. The maximum Gasteiger partial charge on any atom is 0.343 e. The first-order valence-corrected chi connectivity index (χ1v) is 26.5. The van der Waals surface area contributed by atoms with Gasteiger partial charge in [-0.15, -0.1) is 0 Å². The fourth-order valence-electron chi connectivity index (χ4n) is 6.92. The SMILES string of the molecule is C=C(C)C(=O)OCCOc1ccc(C(=O)Oc2ccc(C(=O)O)cc2)cc1.C=C(C)C(=O)OCCOc1ccc(C(=O)Oc2ccc(C(=O)Oc3ccc(OC(=O)c4ccc(OC(=O)c5ccc(OCCOC(=O)C(=C)C)cc5)cc4)c(C)c3)cc2)cc1. The largest absolute Gasteiger partial charge is 0.490 e. The third-order valence-corrected chi connectivity index (χ3v) is 11.5. The van der Waals surface area contributed by atoms with Crippen LogP contribution in [0.4, 0.5) is 0 Å². The molecule has 0 heterocycles. The van der Waals surface area contributed by atoms with Gasteiger partial charge in [0.15, 0.2) is 0 Å². The highest BCUT2D eigenvalue weighted by molar-refractivity contribution is 5.95. The molecule has 452 valence electrons. The molecule has 0 saturated carbocycles. The zero-order valence-corrected chi connectivity index (χ0v) is 48.1. The number of rotatable bonds is 26. The van der Waals surface area contributed by atoms with Crippen LogP contribution in [0.25, 0.3) is 0 Å². The molecule has 0 aliphatic carbocycles. The van der Waals surface area contributed by atoms with Crippen LogP contribution in [-0.4, -0.2) is 98.5 Å². The van der Waals surface area contributed by atoms with Crippen LogP contribution in [0.2, 0.25) is 0 Å². The van der Waals surface area contributed by atoms with Crippen molar-refractivity contribution in [2.75, 3.05) is 39.6 Å². The Kier molecular flexibility index (Phi) is 24.2.